The van der Waals surface area contributed by atoms with Gasteiger partial charge in [0.05, 0.1) is 0 Å². The summed E-state index contributed by atoms with van der Waals surface area (Å²) >= 11 is 3.31. The van der Waals surface area contributed by atoms with Gasteiger partial charge in [-0.15, -0.1) is 11.3 Å². The molecule has 3 N–H and O–H groups in total. The smallest absolute Gasteiger partial charge is 0.265 e. The molecule has 1 aromatic carbocycles. The molecule has 0 spiro atoms. The normalized spacial score (nSPS) is 10.2. The fourth-order valence-corrected chi connectivity index (χ4v) is 2.86. The molecule has 2 rings (SSSR count). The lowest BCUT2D eigenvalue weighted by molar-refractivity contribution is 0.0953. The average molecular weight is 265 g/mol. The van der Waals surface area contributed by atoms with Crippen molar-refractivity contribution >= 4 is 29.0 Å². The van der Waals surface area contributed by atoms with Crippen molar-refractivity contribution in [1.82, 2.24) is 10.4 Å². The van der Waals surface area contributed by atoms with Crippen LogP contribution in [-0.4, -0.2) is 10.9 Å². The van der Waals surface area contributed by atoms with Crippen LogP contribution >= 0.6 is 23.1 Å². The molecule has 0 bridgehead atoms. The number of rotatable bonds is 4. The topological polar surface area (TPSA) is 68.0 Å². The van der Waals surface area contributed by atoms with Gasteiger partial charge in [-0.2, -0.15) is 0 Å². The number of nitrogen functional groups attached to an aromatic ring is 1. The second-order valence-electron chi connectivity index (χ2n) is 3.26. The zero-order valence-corrected chi connectivity index (χ0v) is 10.6. The van der Waals surface area contributed by atoms with Crippen LogP contribution in [0.15, 0.2) is 40.2 Å². The first kappa shape index (κ1) is 12.1. The van der Waals surface area contributed by atoms with Gasteiger partial charge in [0.1, 0.15) is 4.34 Å². The van der Waals surface area contributed by atoms with E-state index in [1.54, 1.807) is 41.4 Å². The molecule has 0 unspecified atom stereocenters. The molecule has 0 radical (unpaired) electrons. The maximum atomic E-state index is 11.2. The molecular weight excluding hydrogens is 254 g/mol. The number of amides is 1. The molecule has 0 aliphatic carbocycles. The van der Waals surface area contributed by atoms with E-state index in [0.717, 1.165) is 15.7 Å². The lowest BCUT2D eigenvalue weighted by Gasteiger charge is -2.02. The van der Waals surface area contributed by atoms with Gasteiger partial charge in [-0.3, -0.25) is 10.2 Å². The first-order valence-electron chi connectivity index (χ1n) is 4.92. The molecule has 1 aromatic heterocycles. The minimum atomic E-state index is -0.274. The van der Waals surface area contributed by atoms with E-state index in [0.29, 0.717) is 5.56 Å². The van der Waals surface area contributed by atoms with Crippen LogP contribution in [-0.2, 0) is 5.75 Å². The molecule has 0 aliphatic heterocycles. The Kier molecular flexibility index (Phi) is 4.13. The summed E-state index contributed by atoms with van der Waals surface area (Å²) in [5.74, 6) is 5.63. The number of hydrazine groups is 1. The number of thioether (sulfide) groups is 1. The van der Waals surface area contributed by atoms with Gasteiger partial charge >= 0.3 is 0 Å². The minimum absolute atomic E-state index is 0.274. The number of carbonyl (C=O) groups excluding carboxylic acids is 1. The fraction of sp³-hybridized carbons (Fsp3) is 0.0909. The fourth-order valence-electron chi connectivity index (χ4n) is 1.26. The van der Waals surface area contributed by atoms with Crippen molar-refractivity contribution in [2.75, 3.05) is 0 Å². The van der Waals surface area contributed by atoms with Crippen molar-refractivity contribution in [3.8, 4) is 0 Å². The summed E-state index contributed by atoms with van der Waals surface area (Å²) in [5.41, 5.74) is 3.82. The van der Waals surface area contributed by atoms with Gasteiger partial charge in [-0.05, 0) is 17.7 Å². The molecule has 2 aromatic rings. The minimum Gasteiger partial charge on any atom is -0.290 e. The Labute approximate surface area is 107 Å². The third kappa shape index (κ3) is 3.29. The summed E-state index contributed by atoms with van der Waals surface area (Å²) in [5, 5.41) is 1.96. The van der Waals surface area contributed by atoms with Crippen LogP contribution in [0.4, 0.5) is 0 Å². The maximum Gasteiger partial charge on any atom is 0.265 e. The predicted molar refractivity (Wildman–Crippen MR) is 69.8 cm³/mol. The van der Waals surface area contributed by atoms with Gasteiger partial charge < -0.3 is 0 Å². The third-order valence-electron chi connectivity index (χ3n) is 2.12. The Balaban J connectivity index is 1.96. The summed E-state index contributed by atoms with van der Waals surface area (Å²) in [4.78, 5) is 15.4. The monoisotopic (exact) mass is 265 g/mol. The largest absolute Gasteiger partial charge is 0.290 e. The first-order chi connectivity index (χ1) is 8.29. The van der Waals surface area contributed by atoms with Gasteiger partial charge in [0.25, 0.3) is 5.91 Å². The van der Waals surface area contributed by atoms with Crippen molar-refractivity contribution in [3.05, 3.63) is 47.0 Å². The third-order valence-corrected chi connectivity index (χ3v) is 4.16. The second kappa shape index (κ2) is 5.81. The molecule has 0 saturated heterocycles. The summed E-state index contributed by atoms with van der Waals surface area (Å²) in [6, 6.07) is 7.37. The van der Waals surface area contributed by atoms with E-state index in [1.807, 2.05) is 17.5 Å². The van der Waals surface area contributed by atoms with Crippen molar-refractivity contribution in [2.24, 2.45) is 5.84 Å². The molecule has 4 nitrogen and oxygen atoms in total. The SMILES string of the molecule is NNC(=O)c1ccc(CSc2nccs2)cc1. The lowest BCUT2D eigenvalue weighted by atomic mass is 10.1. The predicted octanol–water partition coefficient (Wildman–Crippen LogP) is 2.04. The van der Waals surface area contributed by atoms with E-state index in [9.17, 15) is 4.79 Å². The number of nitrogens with one attached hydrogen (secondary N) is 1. The Hall–Kier alpha value is -1.37. The van der Waals surface area contributed by atoms with E-state index in [1.165, 1.54) is 0 Å². The number of nitrogens with zero attached hydrogens (tertiary/aromatic N) is 1. The molecule has 88 valence electrons. The van der Waals surface area contributed by atoms with Crippen LogP contribution in [0.2, 0.25) is 0 Å². The highest BCUT2D eigenvalue weighted by Gasteiger charge is 2.03. The standard InChI is InChI=1S/C11H11N3OS2/c12-14-10(15)9-3-1-8(2-4-9)7-17-11-13-5-6-16-11/h1-6H,7,12H2,(H,14,15). The van der Waals surface area contributed by atoms with E-state index >= 15 is 0 Å². The molecule has 0 atom stereocenters. The molecule has 1 heterocycles. The summed E-state index contributed by atoms with van der Waals surface area (Å²) in [6.07, 6.45) is 1.79. The molecule has 0 saturated carbocycles. The van der Waals surface area contributed by atoms with Crippen LogP contribution < -0.4 is 11.3 Å². The number of hydrogen-bond donors (Lipinski definition) is 2. The highest BCUT2D eigenvalue weighted by molar-refractivity contribution is 8.00. The first-order valence-corrected chi connectivity index (χ1v) is 6.78. The Morgan fingerprint density at radius 3 is 2.76 bits per heavy atom. The summed E-state index contributed by atoms with van der Waals surface area (Å²) in [6.45, 7) is 0. The van der Waals surface area contributed by atoms with Crippen molar-refractivity contribution < 1.29 is 4.79 Å². The summed E-state index contributed by atoms with van der Waals surface area (Å²) < 4.78 is 1.05. The van der Waals surface area contributed by atoms with E-state index in [2.05, 4.69) is 10.4 Å². The van der Waals surface area contributed by atoms with Crippen LogP contribution in [0, 0.1) is 0 Å². The number of benzene rings is 1. The quantitative estimate of drug-likeness (QED) is 0.384. The second-order valence-corrected chi connectivity index (χ2v) is 5.37. The van der Waals surface area contributed by atoms with Crippen LogP contribution in [0.1, 0.15) is 15.9 Å². The number of hydrogen-bond acceptors (Lipinski definition) is 5. The van der Waals surface area contributed by atoms with Crippen molar-refractivity contribution in [3.63, 3.8) is 0 Å². The molecular formula is C11H11N3OS2. The molecule has 17 heavy (non-hydrogen) atoms. The highest BCUT2D eigenvalue weighted by atomic mass is 32.2. The highest BCUT2D eigenvalue weighted by Crippen LogP contribution is 2.24. The Morgan fingerprint density at radius 2 is 2.18 bits per heavy atom. The van der Waals surface area contributed by atoms with Gasteiger partial charge in [-0.25, -0.2) is 10.8 Å². The van der Waals surface area contributed by atoms with E-state index < -0.39 is 0 Å². The number of nitrogens with two attached hydrogens (primary N) is 1. The lowest BCUT2D eigenvalue weighted by Crippen LogP contribution is -2.29. The van der Waals surface area contributed by atoms with E-state index in [4.69, 9.17) is 5.84 Å². The van der Waals surface area contributed by atoms with E-state index in [-0.39, 0.29) is 5.91 Å². The van der Waals surface area contributed by atoms with Gasteiger partial charge in [-0.1, -0.05) is 23.9 Å². The maximum absolute atomic E-state index is 11.2. The molecule has 0 aliphatic rings. The Bertz CT molecular complexity index is 482. The number of aromatic nitrogens is 1. The number of carbonyl (C=O) groups is 1. The van der Waals surface area contributed by atoms with Gasteiger partial charge in [0.15, 0.2) is 0 Å². The van der Waals surface area contributed by atoms with Crippen molar-refractivity contribution in [1.29, 1.82) is 0 Å². The zero-order valence-electron chi connectivity index (χ0n) is 8.92. The molecule has 1 amide bonds. The van der Waals surface area contributed by atoms with Gasteiger partial charge in [0, 0.05) is 22.9 Å². The average Bonchev–Trinajstić information content (AvgIpc) is 2.89. The summed E-state index contributed by atoms with van der Waals surface area (Å²) in [7, 11) is 0. The van der Waals surface area contributed by atoms with Crippen LogP contribution in [0.3, 0.4) is 0 Å². The van der Waals surface area contributed by atoms with Crippen LogP contribution in [0.25, 0.3) is 0 Å². The zero-order chi connectivity index (χ0) is 12.1. The number of thiazole rings is 1. The van der Waals surface area contributed by atoms with Crippen molar-refractivity contribution in [2.45, 2.75) is 10.1 Å². The Morgan fingerprint density at radius 1 is 1.41 bits per heavy atom. The van der Waals surface area contributed by atoms with Crippen LogP contribution in [0.5, 0.6) is 0 Å². The molecule has 6 heteroatoms. The van der Waals surface area contributed by atoms with Gasteiger partial charge in [0.2, 0.25) is 0 Å². The molecule has 0 fully saturated rings.